The fraction of sp³-hybridized carbons (Fsp3) is 0.318. The molecule has 0 N–H and O–H groups in total. The van der Waals surface area contributed by atoms with Crippen LogP contribution in [0.5, 0.6) is 0 Å². The van der Waals surface area contributed by atoms with Crippen LogP contribution in [0.3, 0.4) is 0 Å². The Hall–Kier alpha value is -2.80. The van der Waals surface area contributed by atoms with Gasteiger partial charge in [0.05, 0.1) is 5.69 Å². The minimum absolute atomic E-state index is 0.124. The Labute approximate surface area is 173 Å². The molecule has 0 saturated carbocycles. The molecule has 0 unspecified atom stereocenters. The highest BCUT2D eigenvalue weighted by Gasteiger charge is 2.23. The van der Waals surface area contributed by atoms with Gasteiger partial charge >= 0.3 is 0 Å². The zero-order valence-corrected chi connectivity index (χ0v) is 17.6. The molecule has 3 heterocycles. The molecule has 2 aromatic heterocycles. The van der Waals surface area contributed by atoms with Crippen molar-refractivity contribution in [3.8, 4) is 10.6 Å². The molecule has 1 aliphatic rings. The van der Waals surface area contributed by atoms with Gasteiger partial charge < -0.3 is 9.80 Å². The summed E-state index contributed by atoms with van der Waals surface area (Å²) < 4.78 is 13.8. The number of benzene rings is 1. The molecule has 0 aliphatic carbocycles. The number of nitrogens with zero attached hydrogens (tertiary/aromatic N) is 4. The van der Waals surface area contributed by atoms with Crippen LogP contribution in [0.2, 0.25) is 0 Å². The lowest BCUT2D eigenvalue weighted by Crippen LogP contribution is -2.49. The Bertz CT molecular complexity index is 1020. The average Bonchev–Trinajstić information content (AvgIpc) is 3.08. The van der Waals surface area contributed by atoms with Gasteiger partial charge in [-0.05, 0) is 50.6 Å². The van der Waals surface area contributed by atoms with Gasteiger partial charge in [-0.3, -0.25) is 4.79 Å². The van der Waals surface area contributed by atoms with Crippen molar-refractivity contribution < 1.29 is 9.18 Å². The summed E-state index contributed by atoms with van der Waals surface area (Å²) in [6, 6.07) is 8.72. The van der Waals surface area contributed by atoms with E-state index in [1.54, 1.807) is 35.3 Å². The Balaban J connectivity index is 1.40. The highest BCUT2D eigenvalue weighted by atomic mass is 32.1. The van der Waals surface area contributed by atoms with Gasteiger partial charge in [-0.2, -0.15) is 0 Å². The van der Waals surface area contributed by atoms with Gasteiger partial charge in [0.2, 0.25) is 0 Å². The van der Waals surface area contributed by atoms with E-state index in [2.05, 4.69) is 21.8 Å². The highest BCUT2D eigenvalue weighted by molar-refractivity contribution is 7.15. The Kier molecular flexibility index (Phi) is 5.32. The van der Waals surface area contributed by atoms with E-state index >= 15 is 0 Å². The number of aryl methyl sites for hydroxylation is 3. The molecule has 1 saturated heterocycles. The van der Waals surface area contributed by atoms with E-state index in [1.807, 2.05) is 25.3 Å². The summed E-state index contributed by atoms with van der Waals surface area (Å²) in [5.41, 5.74) is 3.02. The topological polar surface area (TPSA) is 49.3 Å². The quantitative estimate of drug-likeness (QED) is 0.648. The molecule has 29 heavy (non-hydrogen) atoms. The number of thiazole rings is 1. The van der Waals surface area contributed by atoms with E-state index in [0.717, 1.165) is 22.1 Å². The van der Waals surface area contributed by atoms with Crippen molar-refractivity contribution in [2.75, 3.05) is 31.1 Å². The molecular weight excluding hydrogens is 387 g/mol. The molecule has 1 fully saturated rings. The minimum Gasteiger partial charge on any atom is -0.353 e. The van der Waals surface area contributed by atoms with Gasteiger partial charge in [0.25, 0.3) is 5.91 Å². The van der Waals surface area contributed by atoms with Crippen LogP contribution in [-0.4, -0.2) is 47.0 Å². The summed E-state index contributed by atoms with van der Waals surface area (Å²) in [5, 5.41) is 0.986. The van der Waals surface area contributed by atoms with Crippen molar-refractivity contribution in [1.82, 2.24) is 14.9 Å². The number of hydrogen-bond donors (Lipinski definition) is 0. The second kappa shape index (κ2) is 7.91. The zero-order valence-electron chi connectivity index (χ0n) is 16.8. The second-order valence-corrected chi connectivity index (χ2v) is 8.51. The third-order valence-electron chi connectivity index (χ3n) is 5.33. The van der Waals surface area contributed by atoms with Gasteiger partial charge in [-0.15, -0.1) is 11.3 Å². The van der Waals surface area contributed by atoms with Crippen molar-refractivity contribution in [2.24, 2.45) is 0 Å². The molecule has 1 aliphatic heterocycles. The standard InChI is InChI=1S/C22H23FN4OS/c1-14-4-5-17(12-19(14)23)22(28)27-10-8-26(9-11-27)20-7-6-18(13-24-20)21-25-15(2)16(3)29-21/h4-7,12-13H,8-11H2,1-3H3. The number of carbonyl (C=O) groups excluding carboxylic acids is 1. The summed E-state index contributed by atoms with van der Waals surface area (Å²) in [5.74, 6) is 0.429. The maximum atomic E-state index is 13.8. The number of amides is 1. The SMILES string of the molecule is Cc1ccc(C(=O)N2CCN(c3ccc(-c4nc(C)c(C)s4)cn3)CC2)cc1F. The predicted molar refractivity (Wildman–Crippen MR) is 114 cm³/mol. The maximum Gasteiger partial charge on any atom is 0.254 e. The molecule has 0 spiro atoms. The minimum atomic E-state index is -0.343. The molecule has 3 aromatic rings. The van der Waals surface area contributed by atoms with Crippen molar-refractivity contribution in [1.29, 1.82) is 0 Å². The van der Waals surface area contributed by atoms with Gasteiger partial charge in [0.15, 0.2) is 0 Å². The normalized spacial score (nSPS) is 14.3. The molecule has 0 atom stereocenters. The lowest BCUT2D eigenvalue weighted by Gasteiger charge is -2.35. The first-order valence-electron chi connectivity index (χ1n) is 9.63. The Morgan fingerprint density at radius 1 is 1.07 bits per heavy atom. The van der Waals surface area contributed by atoms with E-state index in [0.29, 0.717) is 37.3 Å². The molecule has 5 nitrogen and oxygen atoms in total. The predicted octanol–water partition coefficient (Wildman–Crippen LogP) is 4.23. The third-order valence-corrected chi connectivity index (χ3v) is 6.45. The lowest BCUT2D eigenvalue weighted by atomic mass is 10.1. The number of aromatic nitrogens is 2. The fourth-order valence-corrected chi connectivity index (χ4v) is 4.25. The summed E-state index contributed by atoms with van der Waals surface area (Å²) in [4.78, 5) is 27.0. The number of rotatable bonds is 3. The van der Waals surface area contributed by atoms with E-state index in [-0.39, 0.29) is 11.7 Å². The van der Waals surface area contributed by atoms with Crippen LogP contribution < -0.4 is 4.90 Å². The van der Waals surface area contributed by atoms with Crippen LogP contribution in [0.15, 0.2) is 36.5 Å². The van der Waals surface area contributed by atoms with Crippen LogP contribution in [-0.2, 0) is 0 Å². The summed E-state index contributed by atoms with van der Waals surface area (Å²) in [7, 11) is 0. The number of hydrogen-bond acceptors (Lipinski definition) is 5. The molecule has 150 valence electrons. The van der Waals surface area contributed by atoms with Crippen molar-refractivity contribution in [2.45, 2.75) is 20.8 Å². The number of pyridine rings is 1. The fourth-order valence-electron chi connectivity index (χ4n) is 3.34. The molecule has 7 heteroatoms. The Morgan fingerprint density at radius 2 is 1.83 bits per heavy atom. The molecular formula is C22H23FN4OS. The van der Waals surface area contributed by atoms with Gasteiger partial charge in [0.1, 0.15) is 16.6 Å². The first-order chi connectivity index (χ1) is 13.9. The molecule has 1 aromatic carbocycles. The number of piperazine rings is 1. The monoisotopic (exact) mass is 410 g/mol. The van der Waals surface area contributed by atoms with Crippen LogP contribution >= 0.6 is 11.3 Å². The van der Waals surface area contributed by atoms with Crippen LogP contribution in [0.25, 0.3) is 10.6 Å². The van der Waals surface area contributed by atoms with Crippen molar-refractivity contribution >= 4 is 23.1 Å². The highest BCUT2D eigenvalue weighted by Crippen LogP contribution is 2.28. The molecule has 1 amide bonds. The lowest BCUT2D eigenvalue weighted by molar-refractivity contribution is 0.0746. The average molecular weight is 411 g/mol. The summed E-state index contributed by atoms with van der Waals surface area (Å²) in [6.45, 7) is 8.35. The van der Waals surface area contributed by atoms with Crippen molar-refractivity contribution in [3.05, 3.63) is 64.0 Å². The van der Waals surface area contributed by atoms with E-state index in [9.17, 15) is 9.18 Å². The van der Waals surface area contributed by atoms with E-state index < -0.39 is 0 Å². The van der Waals surface area contributed by atoms with Crippen LogP contribution in [0.1, 0.15) is 26.5 Å². The second-order valence-electron chi connectivity index (χ2n) is 7.31. The Morgan fingerprint density at radius 3 is 2.41 bits per heavy atom. The van der Waals surface area contributed by atoms with Gasteiger partial charge in [-0.1, -0.05) is 6.07 Å². The third kappa shape index (κ3) is 4.00. The first-order valence-corrected chi connectivity index (χ1v) is 10.4. The van der Waals surface area contributed by atoms with E-state index in [1.165, 1.54) is 10.9 Å². The number of halogens is 1. The van der Waals surface area contributed by atoms with Crippen LogP contribution in [0, 0.1) is 26.6 Å². The van der Waals surface area contributed by atoms with Crippen molar-refractivity contribution in [3.63, 3.8) is 0 Å². The zero-order chi connectivity index (χ0) is 20.5. The largest absolute Gasteiger partial charge is 0.353 e. The number of carbonyl (C=O) groups is 1. The molecule has 0 bridgehead atoms. The van der Waals surface area contributed by atoms with Gasteiger partial charge in [-0.25, -0.2) is 14.4 Å². The molecule has 4 rings (SSSR count). The first kappa shape index (κ1) is 19.5. The van der Waals surface area contributed by atoms with Crippen LogP contribution in [0.4, 0.5) is 10.2 Å². The summed E-state index contributed by atoms with van der Waals surface area (Å²) >= 11 is 1.68. The maximum absolute atomic E-state index is 13.8. The summed E-state index contributed by atoms with van der Waals surface area (Å²) in [6.07, 6.45) is 1.86. The van der Waals surface area contributed by atoms with Gasteiger partial charge in [0, 0.05) is 48.4 Å². The smallest absolute Gasteiger partial charge is 0.254 e. The van der Waals surface area contributed by atoms with E-state index in [4.69, 9.17) is 0 Å². The molecule has 0 radical (unpaired) electrons. The number of anilines is 1.